The van der Waals surface area contributed by atoms with E-state index < -0.39 is 0 Å². The van der Waals surface area contributed by atoms with E-state index in [0.717, 1.165) is 0 Å². The predicted molar refractivity (Wildman–Crippen MR) is 50.4 cm³/mol. The molecule has 9 heavy (non-hydrogen) atoms. The van der Waals surface area contributed by atoms with E-state index in [9.17, 15) is 0 Å². The summed E-state index contributed by atoms with van der Waals surface area (Å²) in [6.07, 6.45) is 0. The van der Waals surface area contributed by atoms with E-state index in [4.69, 9.17) is 0 Å². The first-order valence-electron chi connectivity index (χ1n) is 2.63. The molecule has 0 saturated carbocycles. The summed E-state index contributed by atoms with van der Waals surface area (Å²) < 4.78 is 2.91. The van der Waals surface area contributed by atoms with Crippen molar-refractivity contribution in [2.75, 3.05) is 0 Å². The average molecular weight is 297 g/mol. The molecule has 1 rings (SSSR count). The summed E-state index contributed by atoms with van der Waals surface area (Å²) in [4.78, 5) is 0. The molecule has 0 spiro atoms. The quantitative estimate of drug-likeness (QED) is 0.546. The zero-order valence-corrected chi connectivity index (χ0v) is 8.97. The van der Waals surface area contributed by atoms with E-state index in [1.54, 1.807) is 0 Å². The Morgan fingerprint density at radius 3 is 2.44 bits per heavy atom. The van der Waals surface area contributed by atoms with E-state index in [2.05, 4.69) is 52.7 Å². The van der Waals surface area contributed by atoms with E-state index in [0.29, 0.717) is 15.0 Å². The van der Waals surface area contributed by atoms with Crippen LogP contribution in [-0.2, 0) is 0 Å². The molecule has 0 aliphatic carbocycles. The molecule has 2 heteroatoms. The molecule has 0 heterocycles. The topological polar surface area (TPSA) is 0 Å². The summed E-state index contributed by atoms with van der Waals surface area (Å²) in [5, 5.41) is 0. The molecule has 0 nitrogen and oxygen atoms in total. The first-order valence-corrected chi connectivity index (χ1v) is 6.28. The van der Waals surface area contributed by atoms with Crippen LogP contribution in [0, 0.1) is 3.57 Å². The molecule has 1 aromatic rings. The molecule has 1 aromatic carbocycles. The number of hydrogen-bond donors (Lipinski definition) is 0. The minimum atomic E-state index is 0.651. The summed E-state index contributed by atoms with van der Waals surface area (Å²) in [5.74, 6) is 2.24. The van der Waals surface area contributed by atoms with Crippen molar-refractivity contribution in [1.82, 2.24) is 0 Å². The fraction of sp³-hybridized carbons (Fsp3) is 0.143. The van der Waals surface area contributed by atoms with Crippen LogP contribution in [0.15, 0.2) is 24.3 Å². The molecular formula is C7H7ISe. The van der Waals surface area contributed by atoms with Gasteiger partial charge in [-0.25, -0.2) is 0 Å². The summed E-state index contributed by atoms with van der Waals surface area (Å²) >= 11 is 3.03. The zero-order chi connectivity index (χ0) is 6.69. The van der Waals surface area contributed by atoms with Crippen LogP contribution in [0.1, 0.15) is 0 Å². The van der Waals surface area contributed by atoms with Crippen LogP contribution < -0.4 is 4.46 Å². The predicted octanol–water partition coefficient (Wildman–Crippen LogP) is 1.67. The Bertz CT molecular complexity index is 198. The van der Waals surface area contributed by atoms with Gasteiger partial charge in [-0.3, -0.25) is 0 Å². The number of rotatable bonds is 1. The standard InChI is InChI=1S/C7H7ISe/c1-9-7-5-3-2-4-6(7)8/h2-5H,1H3. The maximum atomic E-state index is 2.38. The maximum absolute atomic E-state index is 2.38. The summed E-state index contributed by atoms with van der Waals surface area (Å²) in [7, 11) is 0. The molecule has 0 radical (unpaired) electrons. The van der Waals surface area contributed by atoms with E-state index in [1.165, 1.54) is 8.03 Å². The van der Waals surface area contributed by atoms with Crippen molar-refractivity contribution in [3.63, 3.8) is 0 Å². The van der Waals surface area contributed by atoms with Crippen LogP contribution in [0.25, 0.3) is 0 Å². The van der Waals surface area contributed by atoms with Crippen LogP contribution in [-0.4, -0.2) is 15.0 Å². The second-order valence-electron chi connectivity index (χ2n) is 1.63. The van der Waals surface area contributed by atoms with Gasteiger partial charge in [0, 0.05) is 0 Å². The number of hydrogen-bond acceptors (Lipinski definition) is 0. The number of halogens is 1. The third-order valence-electron chi connectivity index (χ3n) is 1.06. The Balaban J connectivity index is 3.01. The molecule has 0 fully saturated rings. The van der Waals surface area contributed by atoms with Crippen molar-refractivity contribution < 1.29 is 0 Å². The van der Waals surface area contributed by atoms with Gasteiger partial charge in [0.2, 0.25) is 0 Å². The summed E-state index contributed by atoms with van der Waals surface area (Å²) in [6, 6.07) is 8.53. The van der Waals surface area contributed by atoms with Crippen LogP contribution in [0.5, 0.6) is 0 Å². The molecule has 0 atom stereocenters. The second kappa shape index (κ2) is 3.59. The van der Waals surface area contributed by atoms with Gasteiger partial charge in [-0.2, -0.15) is 0 Å². The summed E-state index contributed by atoms with van der Waals surface area (Å²) in [5.41, 5.74) is 0. The molecule has 0 saturated heterocycles. The van der Waals surface area contributed by atoms with Gasteiger partial charge >= 0.3 is 75.7 Å². The molecule has 0 unspecified atom stereocenters. The van der Waals surface area contributed by atoms with Crippen molar-refractivity contribution in [3.05, 3.63) is 27.8 Å². The van der Waals surface area contributed by atoms with E-state index >= 15 is 0 Å². The van der Waals surface area contributed by atoms with E-state index in [1.807, 2.05) is 0 Å². The Labute approximate surface area is 75.3 Å². The molecule has 0 N–H and O–H groups in total. The van der Waals surface area contributed by atoms with Crippen molar-refractivity contribution in [1.29, 1.82) is 0 Å². The molecule has 0 amide bonds. The van der Waals surface area contributed by atoms with Gasteiger partial charge in [0.15, 0.2) is 0 Å². The Morgan fingerprint density at radius 2 is 2.00 bits per heavy atom. The molecule has 0 bridgehead atoms. The SMILES string of the molecule is C[Se]c1ccccc1I. The van der Waals surface area contributed by atoms with Gasteiger partial charge in [0.1, 0.15) is 0 Å². The normalized spacial score (nSPS) is 9.56. The van der Waals surface area contributed by atoms with Gasteiger partial charge < -0.3 is 0 Å². The van der Waals surface area contributed by atoms with Gasteiger partial charge in [0.25, 0.3) is 0 Å². The van der Waals surface area contributed by atoms with Crippen molar-refractivity contribution in [2.24, 2.45) is 0 Å². The Kier molecular flexibility index (Phi) is 3.02. The van der Waals surface area contributed by atoms with Crippen LogP contribution >= 0.6 is 22.6 Å². The van der Waals surface area contributed by atoms with Crippen LogP contribution in [0.4, 0.5) is 0 Å². The minimum absolute atomic E-state index is 0.651. The van der Waals surface area contributed by atoms with Crippen molar-refractivity contribution >= 4 is 42.0 Å². The molecule has 48 valence electrons. The fourth-order valence-corrected chi connectivity index (χ4v) is 3.14. The third-order valence-corrected chi connectivity index (χ3v) is 4.49. The summed E-state index contributed by atoms with van der Waals surface area (Å²) in [6.45, 7) is 0. The zero-order valence-electron chi connectivity index (χ0n) is 5.10. The Morgan fingerprint density at radius 1 is 1.33 bits per heavy atom. The average Bonchev–Trinajstić information content (AvgIpc) is 1.89. The van der Waals surface area contributed by atoms with Gasteiger partial charge in [-0.15, -0.1) is 0 Å². The number of benzene rings is 1. The third kappa shape index (κ3) is 1.95. The van der Waals surface area contributed by atoms with E-state index in [-0.39, 0.29) is 0 Å². The van der Waals surface area contributed by atoms with Gasteiger partial charge in [-0.05, 0) is 0 Å². The molecule has 0 aromatic heterocycles. The molecule has 0 aliphatic rings. The van der Waals surface area contributed by atoms with Crippen molar-refractivity contribution in [2.45, 2.75) is 5.82 Å². The molecule has 0 aliphatic heterocycles. The van der Waals surface area contributed by atoms with Gasteiger partial charge in [0.05, 0.1) is 0 Å². The van der Waals surface area contributed by atoms with Crippen LogP contribution in [0.2, 0.25) is 5.82 Å². The van der Waals surface area contributed by atoms with Crippen molar-refractivity contribution in [3.8, 4) is 0 Å². The van der Waals surface area contributed by atoms with Crippen LogP contribution in [0.3, 0.4) is 0 Å². The first kappa shape index (κ1) is 7.58. The Hall–Kier alpha value is 0.469. The molecular weight excluding hydrogens is 290 g/mol. The fourth-order valence-electron chi connectivity index (χ4n) is 0.610. The van der Waals surface area contributed by atoms with Gasteiger partial charge in [-0.1, -0.05) is 0 Å². The first-order chi connectivity index (χ1) is 4.34. The monoisotopic (exact) mass is 298 g/mol. The second-order valence-corrected chi connectivity index (χ2v) is 4.58.